The fourth-order valence-corrected chi connectivity index (χ4v) is 5.49. The maximum atomic E-state index is 4.88. The van der Waals surface area contributed by atoms with Gasteiger partial charge < -0.3 is 0 Å². The van der Waals surface area contributed by atoms with Crippen molar-refractivity contribution in [2.24, 2.45) is 0 Å². The monoisotopic (exact) mass is 428 g/mol. The predicted octanol–water partition coefficient (Wildman–Crippen LogP) is 8.05. The van der Waals surface area contributed by atoms with Crippen LogP contribution in [0.1, 0.15) is 51.4 Å². The van der Waals surface area contributed by atoms with Crippen molar-refractivity contribution in [3.8, 4) is 22.4 Å². The SMILES string of the molecule is CC(C)(C)c1cc(-c2ncnc3c2-c2cc4ccccc4cc2C3(C)C)cc2ccccc12. The van der Waals surface area contributed by atoms with Crippen LogP contribution >= 0.6 is 0 Å². The molecule has 0 bridgehead atoms. The normalized spacial score (nSPS) is 14.5. The second-order valence-corrected chi connectivity index (χ2v) is 10.8. The second kappa shape index (κ2) is 6.74. The van der Waals surface area contributed by atoms with Crippen LogP contribution in [-0.2, 0) is 10.8 Å². The summed E-state index contributed by atoms with van der Waals surface area (Å²) in [6, 6.07) is 26.6. The van der Waals surface area contributed by atoms with Crippen molar-refractivity contribution in [3.05, 3.63) is 95.9 Å². The first kappa shape index (κ1) is 20.1. The largest absolute Gasteiger partial charge is 0.240 e. The summed E-state index contributed by atoms with van der Waals surface area (Å²) in [5.74, 6) is 0. The molecule has 1 aromatic heterocycles. The number of rotatable bonds is 1. The molecule has 33 heavy (non-hydrogen) atoms. The van der Waals surface area contributed by atoms with E-state index in [0.29, 0.717) is 0 Å². The Labute approximate surface area is 195 Å². The minimum absolute atomic E-state index is 0.0270. The van der Waals surface area contributed by atoms with Gasteiger partial charge in [0, 0.05) is 16.5 Å². The van der Waals surface area contributed by atoms with E-state index in [1.165, 1.54) is 43.8 Å². The standard InChI is InChI=1S/C31H28N2/c1-30(2,3)25-17-22(14-21-12-8-9-13-23(21)25)28-27-24-15-19-10-6-7-11-20(19)16-26(24)31(4,5)29(27)33-18-32-28/h6-18H,1-5H3. The minimum Gasteiger partial charge on any atom is -0.240 e. The Kier molecular flexibility index (Phi) is 4.11. The highest BCUT2D eigenvalue weighted by atomic mass is 14.9. The highest BCUT2D eigenvalue weighted by Gasteiger charge is 2.39. The molecule has 0 atom stereocenters. The van der Waals surface area contributed by atoms with E-state index in [9.17, 15) is 0 Å². The lowest BCUT2D eigenvalue weighted by atomic mass is 9.82. The zero-order valence-corrected chi connectivity index (χ0v) is 19.9. The summed E-state index contributed by atoms with van der Waals surface area (Å²) in [7, 11) is 0. The van der Waals surface area contributed by atoms with Gasteiger partial charge >= 0.3 is 0 Å². The molecule has 162 valence electrons. The van der Waals surface area contributed by atoms with Crippen LogP contribution in [0.3, 0.4) is 0 Å². The summed E-state index contributed by atoms with van der Waals surface area (Å²) in [4.78, 5) is 9.71. The third kappa shape index (κ3) is 2.94. The quantitative estimate of drug-likeness (QED) is 0.270. The lowest BCUT2D eigenvalue weighted by Gasteiger charge is -2.23. The van der Waals surface area contributed by atoms with Crippen molar-refractivity contribution in [2.45, 2.75) is 45.4 Å². The molecule has 0 spiro atoms. The van der Waals surface area contributed by atoms with Gasteiger partial charge in [-0.2, -0.15) is 0 Å². The highest BCUT2D eigenvalue weighted by Crippen LogP contribution is 2.52. The van der Waals surface area contributed by atoms with Crippen LogP contribution in [0, 0.1) is 0 Å². The van der Waals surface area contributed by atoms with Crippen molar-refractivity contribution >= 4 is 21.5 Å². The first-order valence-electron chi connectivity index (χ1n) is 11.7. The molecule has 1 aliphatic carbocycles. The van der Waals surface area contributed by atoms with Gasteiger partial charge in [0.15, 0.2) is 0 Å². The molecule has 1 heterocycles. The van der Waals surface area contributed by atoms with Crippen molar-refractivity contribution < 1.29 is 0 Å². The Morgan fingerprint density at radius 1 is 0.727 bits per heavy atom. The summed E-state index contributed by atoms with van der Waals surface area (Å²) >= 11 is 0. The second-order valence-electron chi connectivity index (χ2n) is 10.8. The zero-order chi connectivity index (χ0) is 23.0. The Morgan fingerprint density at radius 2 is 1.39 bits per heavy atom. The molecule has 0 aliphatic heterocycles. The fraction of sp³-hybridized carbons (Fsp3) is 0.226. The van der Waals surface area contributed by atoms with Crippen molar-refractivity contribution in [3.63, 3.8) is 0 Å². The number of benzene rings is 4. The topological polar surface area (TPSA) is 25.8 Å². The Morgan fingerprint density at radius 3 is 2.12 bits per heavy atom. The first-order chi connectivity index (χ1) is 15.7. The molecule has 2 nitrogen and oxygen atoms in total. The lowest BCUT2D eigenvalue weighted by Crippen LogP contribution is -2.17. The molecular formula is C31H28N2. The molecule has 0 saturated heterocycles. The maximum absolute atomic E-state index is 4.88. The third-order valence-electron chi connectivity index (χ3n) is 7.21. The molecule has 0 radical (unpaired) electrons. The van der Waals surface area contributed by atoms with Gasteiger partial charge in [-0.3, -0.25) is 0 Å². The van der Waals surface area contributed by atoms with Crippen LogP contribution in [0.4, 0.5) is 0 Å². The third-order valence-corrected chi connectivity index (χ3v) is 7.21. The molecule has 6 rings (SSSR count). The molecule has 0 saturated carbocycles. The molecule has 5 aromatic rings. The van der Waals surface area contributed by atoms with Crippen LogP contribution < -0.4 is 0 Å². The molecule has 0 N–H and O–H groups in total. The lowest BCUT2D eigenvalue weighted by molar-refractivity contribution is 0.596. The van der Waals surface area contributed by atoms with Gasteiger partial charge in [-0.1, -0.05) is 83.1 Å². The van der Waals surface area contributed by atoms with E-state index in [4.69, 9.17) is 9.97 Å². The van der Waals surface area contributed by atoms with Gasteiger partial charge in [-0.25, -0.2) is 9.97 Å². The molecular weight excluding hydrogens is 400 g/mol. The number of hydrogen-bond acceptors (Lipinski definition) is 2. The smallest absolute Gasteiger partial charge is 0.116 e. The van der Waals surface area contributed by atoms with Gasteiger partial charge in [0.1, 0.15) is 6.33 Å². The number of aromatic nitrogens is 2. The van der Waals surface area contributed by atoms with E-state index in [1.54, 1.807) is 6.33 Å². The first-order valence-corrected chi connectivity index (χ1v) is 11.7. The van der Waals surface area contributed by atoms with Crippen LogP contribution in [0.5, 0.6) is 0 Å². The molecule has 1 aliphatic rings. The van der Waals surface area contributed by atoms with Gasteiger partial charge in [0.05, 0.1) is 11.4 Å². The number of nitrogens with zero attached hydrogens (tertiary/aromatic N) is 2. The van der Waals surface area contributed by atoms with E-state index in [-0.39, 0.29) is 10.8 Å². The summed E-state index contributed by atoms with van der Waals surface area (Å²) in [6.07, 6.45) is 1.74. The van der Waals surface area contributed by atoms with Gasteiger partial charge in [-0.05, 0) is 67.9 Å². The minimum atomic E-state index is -0.171. The predicted molar refractivity (Wildman–Crippen MR) is 139 cm³/mol. The Bertz CT molecular complexity index is 1570. The average molecular weight is 429 g/mol. The summed E-state index contributed by atoms with van der Waals surface area (Å²) in [5, 5.41) is 5.09. The molecule has 0 unspecified atom stereocenters. The van der Waals surface area contributed by atoms with E-state index in [0.717, 1.165) is 17.0 Å². The van der Waals surface area contributed by atoms with Gasteiger partial charge in [0.2, 0.25) is 0 Å². The van der Waals surface area contributed by atoms with E-state index < -0.39 is 0 Å². The van der Waals surface area contributed by atoms with Crippen LogP contribution in [0.2, 0.25) is 0 Å². The number of hydrogen-bond donors (Lipinski definition) is 0. The van der Waals surface area contributed by atoms with Crippen LogP contribution in [0.25, 0.3) is 43.9 Å². The fourth-order valence-electron chi connectivity index (χ4n) is 5.49. The Balaban J connectivity index is 1.69. The summed E-state index contributed by atoms with van der Waals surface area (Å²) in [5.41, 5.74) is 8.27. The molecule has 0 amide bonds. The van der Waals surface area contributed by atoms with E-state index >= 15 is 0 Å². The summed E-state index contributed by atoms with van der Waals surface area (Å²) in [6.45, 7) is 11.4. The number of fused-ring (bicyclic) bond motifs is 5. The van der Waals surface area contributed by atoms with Crippen molar-refractivity contribution in [2.75, 3.05) is 0 Å². The molecule has 2 heteroatoms. The average Bonchev–Trinajstić information content (AvgIpc) is 3.03. The van der Waals surface area contributed by atoms with Crippen LogP contribution in [-0.4, -0.2) is 9.97 Å². The molecule has 0 fully saturated rings. The maximum Gasteiger partial charge on any atom is 0.116 e. The van der Waals surface area contributed by atoms with Crippen LogP contribution in [0.15, 0.2) is 79.1 Å². The van der Waals surface area contributed by atoms with E-state index in [2.05, 4.69) is 107 Å². The van der Waals surface area contributed by atoms with Gasteiger partial charge in [0.25, 0.3) is 0 Å². The Hall–Kier alpha value is -3.52. The van der Waals surface area contributed by atoms with Gasteiger partial charge in [-0.15, -0.1) is 0 Å². The molecule has 4 aromatic carbocycles. The van der Waals surface area contributed by atoms with Crippen molar-refractivity contribution in [1.82, 2.24) is 9.97 Å². The zero-order valence-electron chi connectivity index (χ0n) is 19.9. The highest BCUT2D eigenvalue weighted by molar-refractivity contribution is 5.99. The van der Waals surface area contributed by atoms with Crippen molar-refractivity contribution in [1.29, 1.82) is 0 Å². The summed E-state index contributed by atoms with van der Waals surface area (Å²) < 4.78 is 0. The van der Waals surface area contributed by atoms with E-state index in [1.807, 2.05) is 0 Å².